The maximum Gasteiger partial charge on any atom is 0.326 e. The van der Waals surface area contributed by atoms with Crippen molar-refractivity contribution in [1.82, 2.24) is 9.80 Å². The Morgan fingerprint density at radius 1 is 1.05 bits per heavy atom. The molecule has 2 rings (SSSR count). The number of carboxylic acids is 1. The Labute approximate surface area is 112 Å². The smallest absolute Gasteiger partial charge is 0.326 e. The number of rotatable bonds is 2. The maximum atomic E-state index is 12.4. The van der Waals surface area contributed by atoms with Crippen LogP contribution in [-0.2, 0) is 14.4 Å². The van der Waals surface area contributed by atoms with Gasteiger partial charge in [0, 0.05) is 32.5 Å². The molecule has 0 radical (unpaired) electrons. The van der Waals surface area contributed by atoms with Crippen LogP contribution in [0.15, 0.2) is 0 Å². The Morgan fingerprint density at radius 2 is 1.68 bits per heavy atom. The Morgan fingerprint density at radius 3 is 2.21 bits per heavy atom. The summed E-state index contributed by atoms with van der Waals surface area (Å²) >= 11 is 0. The van der Waals surface area contributed by atoms with Crippen molar-refractivity contribution in [3.8, 4) is 0 Å². The van der Waals surface area contributed by atoms with Crippen molar-refractivity contribution in [2.75, 3.05) is 19.6 Å². The van der Waals surface area contributed by atoms with Crippen molar-refractivity contribution >= 4 is 17.8 Å². The molecule has 0 spiro atoms. The fourth-order valence-corrected chi connectivity index (χ4v) is 2.96. The summed E-state index contributed by atoms with van der Waals surface area (Å²) in [6, 6.07) is -0.654. The molecular formula is C13H20N2O4. The summed E-state index contributed by atoms with van der Waals surface area (Å²) in [5.41, 5.74) is 0. The molecule has 2 amide bonds. The Kier molecular flexibility index (Phi) is 4.07. The SMILES string of the molecule is CC(=O)N1CCC(C(=O)N2CCC[C@H]2C(=O)O)CC1. The van der Waals surface area contributed by atoms with Crippen molar-refractivity contribution in [2.24, 2.45) is 5.92 Å². The molecule has 19 heavy (non-hydrogen) atoms. The molecule has 0 aliphatic carbocycles. The van der Waals surface area contributed by atoms with Crippen LogP contribution in [0.4, 0.5) is 0 Å². The zero-order valence-electron chi connectivity index (χ0n) is 11.2. The van der Waals surface area contributed by atoms with E-state index in [2.05, 4.69) is 0 Å². The second kappa shape index (κ2) is 5.59. The maximum absolute atomic E-state index is 12.4. The number of carbonyl (C=O) groups is 3. The van der Waals surface area contributed by atoms with Crippen LogP contribution in [0, 0.1) is 5.92 Å². The monoisotopic (exact) mass is 268 g/mol. The van der Waals surface area contributed by atoms with E-state index in [4.69, 9.17) is 5.11 Å². The lowest BCUT2D eigenvalue weighted by molar-refractivity contribution is -0.150. The largest absolute Gasteiger partial charge is 0.480 e. The Hall–Kier alpha value is -1.59. The molecule has 0 aromatic rings. The summed E-state index contributed by atoms with van der Waals surface area (Å²) in [6.07, 6.45) is 2.59. The predicted molar refractivity (Wildman–Crippen MR) is 67.3 cm³/mol. The van der Waals surface area contributed by atoms with Gasteiger partial charge in [-0.1, -0.05) is 0 Å². The van der Waals surface area contributed by atoms with Crippen LogP contribution in [0.3, 0.4) is 0 Å². The van der Waals surface area contributed by atoms with E-state index in [1.807, 2.05) is 0 Å². The molecule has 2 heterocycles. The molecule has 1 N–H and O–H groups in total. The van der Waals surface area contributed by atoms with Gasteiger partial charge in [-0.05, 0) is 25.7 Å². The van der Waals surface area contributed by atoms with Gasteiger partial charge in [0.2, 0.25) is 11.8 Å². The highest BCUT2D eigenvalue weighted by molar-refractivity contribution is 5.86. The topological polar surface area (TPSA) is 77.9 Å². The van der Waals surface area contributed by atoms with Crippen molar-refractivity contribution < 1.29 is 19.5 Å². The summed E-state index contributed by atoms with van der Waals surface area (Å²) in [5.74, 6) is -1.05. The van der Waals surface area contributed by atoms with Crippen LogP contribution in [0.2, 0.25) is 0 Å². The number of hydrogen-bond acceptors (Lipinski definition) is 3. The molecule has 0 aromatic carbocycles. The van der Waals surface area contributed by atoms with Crippen molar-refractivity contribution in [1.29, 1.82) is 0 Å². The number of carbonyl (C=O) groups excluding carboxylic acids is 2. The minimum Gasteiger partial charge on any atom is -0.480 e. The van der Waals surface area contributed by atoms with E-state index in [1.54, 1.807) is 4.90 Å². The predicted octanol–water partition coefficient (Wildman–Crippen LogP) is 0.320. The lowest BCUT2D eigenvalue weighted by atomic mass is 9.95. The Bertz CT molecular complexity index is 388. The highest BCUT2D eigenvalue weighted by atomic mass is 16.4. The number of likely N-dealkylation sites (tertiary alicyclic amines) is 2. The van der Waals surface area contributed by atoms with E-state index in [9.17, 15) is 14.4 Å². The van der Waals surface area contributed by atoms with Crippen molar-refractivity contribution in [2.45, 2.75) is 38.6 Å². The summed E-state index contributed by atoms with van der Waals surface area (Å²) in [6.45, 7) is 3.26. The summed E-state index contributed by atoms with van der Waals surface area (Å²) in [7, 11) is 0. The molecule has 0 bridgehead atoms. The third kappa shape index (κ3) is 2.88. The minimum atomic E-state index is -0.910. The van der Waals surface area contributed by atoms with E-state index in [-0.39, 0.29) is 17.7 Å². The third-order valence-corrected chi connectivity index (χ3v) is 4.11. The zero-order valence-corrected chi connectivity index (χ0v) is 11.2. The average Bonchev–Trinajstić information content (AvgIpc) is 2.87. The number of piperidine rings is 1. The van der Waals surface area contributed by atoms with Crippen LogP contribution in [0.25, 0.3) is 0 Å². The molecule has 1 atom stereocenters. The summed E-state index contributed by atoms with van der Waals surface area (Å²) in [5, 5.41) is 9.10. The second-order valence-electron chi connectivity index (χ2n) is 5.31. The number of hydrogen-bond donors (Lipinski definition) is 1. The number of amides is 2. The van der Waals surface area contributed by atoms with Gasteiger partial charge in [-0.3, -0.25) is 9.59 Å². The number of aliphatic carboxylic acids is 1. The van der Waals surface area contributed by atoms with Gasteiger partial charge >= 0.3 is 5.97 Å². The van der Waals surface area contributed by atoms with Gasteiger partial charge in [0.1, 0.15) is 6.04 Å². The van der Waals surface area contributed by atoms with Gasteiger partial charge < -0.3 is 14.9 Å². The molecule has 0 unspecified atom stereocenters. The highest BCUT2D eigenvalue weighted by Crippen LogP contribution is 2.25. The first kappa shape index (κ1) is 13.8. The van der Waals surface area contributed by atoms with Crippen molar-refractivity contribution in [3.05, 3.63) is 0 Å². The molecule has 0 saturated carbocycles. The van der Waals surface area contributed by atoms with Gasteiger partial charge in [-0.15, -0.1) is 0 Å². The van der Waals surface area contributed by atoms with E-state index in [0.717, 1.165) is 6.42 Å². The average molecular weight is 268 g/mol. The lowest BCUT2D eigenvalue weighted by Crippen LogP contribution is -2.47. The first-order chi connectivity index (χ1) is 9.00. The fourth-order valence-electron chi connectivity index (χ4n) is 2.96. The van der Waals surface area contributed by atoms with Gasteiger partial charge in [0.05, 0.1) is 0 Å². The fraction of sp³-hybridized carbons (Fsp3) is 0.769. The lowest BCUT2D eigenvalue weighted by Gasteiger charge is -2.33. The molecule has 0 aromatic heterocycles. The van der Waals surface area contributed by atoms with Crippen LogP contribution in [0.5, 0.6) is 0 Å². The van der Waals surface area contributed by atoms with Gasteiger partial charge in [0.15, 0.2) is 0 Å². The number of carboxylic acid groups (broad SMARTS) is 1. The molecule has 2 aliphatic rings. The summed E-state index contributed by atoms with van der Waals surface area (Å²) in [4.78, 5) is 37.9. The van der Waals surface area contributed by atoms with Gasteiger partial charge in [-0.25, -0.2) is 4.79 Å². The molecular weight excluding hydrogens is 248 g/mol. The summed E-state index contributed by atoms with van der Waals surface area (Å²) < 4.78 is 0. The first-order valence-corrected chi connectivity index (χ1v) is 6.79. The quantitative estimate of drug-likeness (QED) is 0.782. The van der Waals surface area contributed by atoms with E-state index in [1.165, 1.54) is 11.8 Å². The molecule has 2 saturated heterocycles. The molecule has 6 nitrogen and oxygen atoms in total. The molecule has 6 heteroatoms. The standard InChI is InChI=1S/C13H20N2O4/c1-9(16)14-7-4-10(5-8-14)12(17)15-6-2-3-11(15)13(18)19/h10-11H,2-8H2,1H3,(H,18,19)/t11-/m0/s1. The third-order valence-electron chi connectivity index (χ3n) is 4.11. The van der Waals surface area contributed by atoms with E-state index < -0.39 is 12.0 Å². The Balaban J connectivity index is 1.94. The van der Waals surface area contributed by atoms with Crippen LogP contribution in [-0.4, -0.2) is 58.4 Å². The van der Waals surface area contributed by atoms with Gasteiger partial charge in [-0.2, -0.15) is 0 Å². The van der Waals surface area contributed by atoms with E-state index in [0.29, 0.717) is 38.9 Å². The molecule has 2 fully saturated rings. The normalized spacial score (nSPS) is 24.6. The first-order valence-electron chi connectivity index (χ1n) is 6.79. The van der Waals surface area contributed by atoms with E-state index >= 15 is 0 Å². The number of nitrogens with zero attached hydrogens (tertiary/aromatic N) is 2. The van der Waals surface area contributed by atoms with Crippen LogP contribution < -0.4 is 0 Å². The highest BCUT2D eigenvalue weighted by Gasteiger charge is 2.38. The van der Waals surface area contributed by atoms with Gasteiger partial charge in [0.25, 0.3) is 0 Å². The zero-order chi connectivity index (χ0) is 14.0. The van der Waals surface area contributed by atoms with Crippen LogP contribution in [0.1, 0.15) is 32.6 Å². The molecule has 106 valence electrons. The minimum absolute atomic E-state index is 0.0375. The second-order valence-corrected chi connectivity index (χ2v) is 5.31. The van der Waals surface area contributed by atoms with Crippen LogP contribution >= 0.6 is 0 Å². The van der Waals surface area contributed by atoms with Crippen molar-refractivity contribution in [3.63, 3.8) is 0 Å². The molecule has 2 aliphatic heterocycles.